The van der Waals surface area contributed by atoms with Gasteiger partial charge in [-0.3, -0.25) is 0 Å². The Kier molecular flexibility index (Phi) is 4.97. The van der Waals surface area contributed by atoms with Crippen molar-refractivity contribution in [3.05, 3.63) is 29.3 Å². The minimum atomic E-state index is -0.920. The van der Waals surface area contributed by atoms with Crippen LogP contribution in [-0.4, -0.2) is 30.4 Å². The van der Waals surface area contributed by atoms with E-state index in [1.807, 2.05) is 13.8 Å². The minimum absolute atomic E-state index is 0.0509. The lowest BCUT2D eigenvalue weighted by atomic mass is 10.1. The van der Waals surface area contributed by atoms with Gasteiger partial charge in [0.25, 0.3) is 0 Å². The van der Waals surface area contributed by atoms with Crippen molar-refractivity contribution in [1.29, 1.82) is 0 Å². The van der Waals surface area contributed by atoms with Gasteiger partial charge in [-0.25, -0.2) is 4.79 Å². The van der Waals surface area contributed by atoms with Crippen molar-refractivity contribution >= 4 is 5.97 Å². The number of carboxylic acid groups (broad SMARTS) is 1. The van der Waals surface area contributed by atoms with E-state index in [9.17, 15) is 4.79 Å². The number of benzene rings is 1. The maximum atomic E-state index is 10.8. The highest BCUT2D eigenvalue weighted by Crippen LogP contribution is 2.18. The first kappa shape index (κ1) is 13.5. The molecule has 0 heterocycles. The van der Waals surface area contributed by atoms with Crippen molar-refractivity contribution in [3.63, 3.8) is 0 Å². The van der Waals surface area contributed by atoms with E-state index in [4.69, 9.17) is 14.6 Å². The molecule has 0 fully saturated rings. The molecule has 0 bridgehead atoms. The summed E-state index contributed by atoms with van der Waals surface area (Å²) in [5.41, 5.74) is 0.994. The summed E-state index contributed by atoms with van der Waals surface area (Å²) in [6.07, 6.45) is -0.0509. The van der Waals surface area contributed by atoms with Gasteiger partial charge >= 0.3 is 5.97 Å². The molecule has 1 aromatic carbocycles. The highest BCUT2D eigenvalue weighted by molar-refractivity contribution is 5.89. The Bertz CT molecular complexity index is 387. The number of carboxylic acids is 1. The fourth-order valence-corrected chi connectivity index (χ4v) is 1.50. The van der Waals surface area contributed by atoms with E-state index in [0.717, 1.165) is 0 Å². The number of aryl methyl sites for hydroxylation is 1. The van der Waals surface area contributed by atoms with Crippen LogP contribution in [0.4, 0.5) is 0 Å². The molecule has 1 N–H and O–H groups in total. The second kappa shape index (κ2) is 6.25. The zero-order valence-electron chi connectivity index (χ0n) is 10.4. The van der Waals surface area contributed by atoms with Crippen molar-refractivity contribution in [3.8, 4) is 5.75 Å². The monoisotopic (exact) mass is 238 g/mol. The van der Waals surface area contributed by atoms with Crippen LogP contribution >= 0.6 is 0 Å². The van der Waals surface area contributed by atoms with Gasteiger partial charge in [-0.1, -0.05) is 0 Å². The third kappa shape index (κ3) is 4.07. The molecule has 0 aromatic heterocycles. The maximum absolute atomic E-state index is 10.8. The zero-order valence-corrected chi connectivity index (χ0v) is 10.4. The van der Waals surface area contributed by atoms with E-state index in [-0.39, 0.29) is 6.10 Å². The predicted molar refractivity (Wildman–Crippen MR) is 64.7 cm³/mol. The first-order valence-corrected chi connectivity index (χ1v) is 5.63. The Labute approximate surface area is 101 Å². The predicted octanol–water partition coefficient (Wildman–Crippen LogP) is 2.50. The van der Waals surface area contributed by atoms with Gasteiger partial charge in [-0.15, -0.1) is 0 Å². The molecular formula is C13H18O4. The summed E-state index contributed by atoms with van der Waals surface area (Å²) in [6.45, 7) is 6.78. The van der Waals surface area contributed by atoms with Gasteiger partial charge in [0.15, 0.2) is 0 Å². The normalized spacial score (nSPS) is 12.2. The third-order valence-corrected chi connectivity index (χ3v) is 2.32. The quantitative estimate of drug-likeness (QED) is 0.827. The second-order valence-electron chi connectivity index (χ2n) is 3.87. The molecular weight excluding hydrogens is 220 g/mol. The fourth-order valence-electron chi connectivity index (χ4n) is 1.50. The number of hydrogen-bond acceptors (Lipinski definition) is 3. The fraction of sp³-hybridized carbons (Fsp3) is 0.462. The van der Waals surface area contributed by atoms with E-state index >= 15 is 0 Å². The first-order valence-electron chi connectivity index (χ1n) is 5.63. The maximum Gasteiger partial charge on any atom is 0.335 e. The molecule has 0 amide bonds. The van der Waals surface area contributed by atoms with Crippen molar-refractivity contribution in [2.75, 3.05) is 13.2 Å². The number of carbonyl (C=O) groups is 1. The van der Waals surface area contributed by atoms with Crippen molar-refractivity contribution in [2.24, 2.45) is 0 Å². The van der Waals surface area contributed by atoms with Crippen LogP contribution in [0.2, 0.25) is 0 Å². The van der Waals surface area contributed by atoms with E-state index in [1.165, 1.54) is 0 Å². The molecule has 0 saturated heterocycles. The molecule has 0 aliphatic rings. The van der Waals surface area contributed by atoms with Crippen LogP contribution in [0.3, 0.4) is 0 Å². The highest BCUT2D eigenvalue weighted by atomic mass is 16.5. The molecule has 0 aliphatic heterocycles. The average molecular weight is 238 g/mol. The summed E-state index contributed by atoms with van der Waals surface area (Å²) in [4.78, 5) is 10.8. The lowest BCUT2D eigenvalue weighted by Gasteiger charge is -2.15. The molecule has 0 radical (unpaired) electrons. The van der Waals surface area contributed by atoms with Crippen LogP contribution in [0, 0.1) is 6.92 Å². The summed E-state index contributed by atoms with van der Waals surface area (Å²) >= 11 is 0. The lowest BCUT2D eigenvalue weighted by Crippen LogP contribution is -2.19. The lowest BCUT2D eigenvalue weighted by molar-refractivity contribution is 0.0655. The summed E-state index contributed by atoms with van der Waals surface area (Å²) in [5, 5.41) is 8.89. The van der Waals surface area contributed by atoms with Gasteiger partial charge in [0.1, 0.15) is 11.9 Å². The standard InChI is InChI=1S/C13H18O4/c1-4-16-8-10(3)17-11-5-6-12(13(14)15)9(2)7-11/h5-7,10H,4,8H2,1-3H3,(H,14,15). The number of ether oxygens (including phenoxy) is 2. The molecule has 0 spiro atoms. The van der Waals surface area contributed by atoms with E-state index in [0.29, 0.717) is 30.1 Å². The molecule has 94 valence electrons. The third-order valence-electron chi connectivity index (χ3n) is 2.32. The molecule has 0 saturated carbocycles. The van der Waals surface area contributed by atoms with Crippen LogP contribution in [-0.2, 0) is 4.74 Å². The molecule has 0 aliphatic carbocycles. The molecule has 4 nitrogen and oxygen atoms in total. The molecule has 1 aromatic rings. The Balaban J connectivity index is 2.67. The van der Waals surface area contributed by atoms with Crippen molar-refractivity contribution in [1.82, 2.24) is 0 Å². The largest absolute Gasteiger partial charge is 0.488 e. The summed E-state index contributed by atoms with van der Waals surface area (Å²) in [6, 6.07) is 4.95. The SMILES string of the molecule is CCOCC(C)Oc1ccc(C(=O)O)c(C)c1. The topological polar surface area (TPSA) is 55.8 Å². The van der Waals surface area contributed by atoms with E-state index in [1.54, 1.807) is 25.1 Å². The Hall–Kier alpha value is -1.55. The Morgan fingerprint density at radius 2 is 2.18 bits per heavy atom. The highest BCUT2D eigenvalue weighted by Gasteiger charge is 2.09. The van der Waals surface area contributed by atoms with Gasteiger partial charge < -0.3 is 14.6 Å². The van der Waals surface area contributed by atoms with Crippen LogP contribution in [0.5, 0.6) is 5.75 Å². The number of aromatic carboxylic acids is 1. The molecule has 4 heteroatoms. The van der Waals surface area contributed by atoms with Gasteiger partial charge in [0.2, 0.25) is 0 Å². The zero-order chi connectivity index (χ0) is 12.8. The van der Waals surface area contributed by atoms with Crippen LogP contribution in [0.1, 0.15) is 29.8 Å². The van der Waals surface area contributed by atoms with E-state index < -0.39 is 5.97 Å². The average Bonchev–Trinajstić information content (AvgIpc) is 2.26. The summed E-state index contributed by atoms with van der Waals surface area (Å²) in [7, 11) is 0. The Morgan fingerprint density at radius 1 is 1.47 bits per heavy atom. The summed E-state index contributed by atoms with van der Waals surface area (Å²) < 4.78 is 10.9. The molecule has 1 rings (SSSR count). The van der Waals surface area contributed by atoms with Crippen LogP contribution in [0.25, 0.3) is 0 Å². The Morgan fingerprint density at radius 3 is 2.71 bits per heavy atom. The van der Waals surface area contributed by atoms with Crippen LogP contribution < -0.4 is 4.74 Å². The van der Waals surface area contributed by atoms with Crippen molar-refractivity contribution < 1.29 is 19.4 Å². The molecule has 17 heavy (non-hydrogen) atoms. The van der Waals surface area contributed by atoms with Gasteiger partial charge in [-0.05, 0) is 44.5 Å². The van der Waals surface area contributed by atoms with Gasteiger partial charge in [-0.2, -0.15) is 0 Å². The molecule has 1 unspecified atom stereocenters. The van der Waals surface area contributed by atoms with E-state index in [2.05, 4.69) is 0 Å². The summed E-state index contributed by atoms with van der Waals surface area (Å²) in [5.74, 6) is -0.254. The molecule has 1 atom stereocenters. The van der Waals surface area contributed by atoms with Gasteiger partial charge in [0.05, 0.1) is 12.2 Å². The van der Waals surface area contributed by atoms with Crippen molar-refractivity contribution in [2.45, 2.75) is 26.9 Å². The van der Waals surface area contributed by atoms with Gasteiger partial charge in [0, 0.05) is 6.61 Å². The number of hydrogen-bond donors (Lipinski definition) is 1. The first-order chi connectivity index (χ1) is 8.04. The number of rotatable bonds is 6. The second-order valence-corrected chi connectivity index (χ2v) is 3.87. The van der Waals surface area contributed by atoms with Crippen LogP contribution in [0.15, 0.2) is 18.2 Å². The smallest absolute Gasteiger partial charge is 0.335 e. The minimum Gasteiger partial charge on any atom is -0.488 e.